The Morgan fingerprint density at radius 3 is 2.72 bits per heavy atom. The number of carbonyl (C=O) groups excluding carboxylic acids is 1. The van der Waals surface area contributed by atoms with E-state index in [1.54, 1.807) is 0 Å². The fraction of sp³-hybridized carbons (Fsp3) is 0.500. The molecule has 1 aromatic rings. The lowest BCUT2D eigenvalue weighted by atomic mass is 9.88. The van der Waals surface area contributed by atoms with E-state index in [9.17, 15) is 13.6 Å². The lowest BCUT2D eigenvalue weighted by Crippen LogP contribution is -2.26. The number of hydrogen-bond acceptors (Lipinski definition) is 2. The van der Waals surface area contributed by atoms with Crippen molar-refractivity contribution in [2.45, 2.75) is 26.2 Å². The molecule has 0 aromatic heterocycles. The molecule has 98 valence electrons. The number of halogens is 2. The molecular weight excluding hydrogens is 236 g/mol. The van der Waals surface area contributed by atoms with Gasteiger partial charge in [-0.25, -0.2) is 8.78 Å². The second kappa shape index (κ2) is 5.14. The van der Waals surface area contributed by atoms with E-state index in [-0.39, 0.29) is 28.7 Å². The predicted octanol–water partition coefficient (Wildman–Crippen LogP) is 2.83. The number of hydrogen-bond donors (Lipinski definition) is 1. The average molecular weight is 253 g/mol. The van der Waals surface area contributed by atoms with Gasteiger partial charge in [0.2, 0.25) is 0 Å². The van der Waals surface area contributed by atoms with Crippen LogP contribution in [0.2, 0.25) is 0 Å². The molecule has 1 aliphatic rings. The third-order valence-corrected chi connectivity index (χ3v) is 3.84. The molecule has 2 unspecified atom stereocenters. The molecule has 2 nitrogen and oxygen atoms in total. The molecule has 1 fully saturated rings. The van der Waals surface area contributed by atoms with Gasteiger partial charge in [-0.15, -0.1) is 0 Å². The van der Waals surface area contributed by atoms with Crippen LogP contribution in [-0.4, -0.2) is 12.3 Å². The van der Waals surface area contributed by atoms with Gasteiger partial charge in [0.1, 0.15) is 0 Å². The minimum absolute atomic E-state index is 0.0984. The number of rotatable bonds is 3. The highest BCUT2D eigenvalue weighted by Gasteiger charge is 2.34. The van der Waals surface area contributed by atoms with Crippen molar-refractivity contribution in [3.05, 3.63) is 34.9 Å². The van der Waals surface area contributed by atoms with E-state index in [2.05, 4.69) is 0 Å². The molecule has 2 rings (SSSR count). The number of Topliss-reactive ketones (excluding diaryl/α,β-unsaturated/α-hetero) is 1. The summed E-state index contributed by atoms with van der Waals surface area (Å²) < 4.78 is 27.2. The van der Waals surface area contributed by atoms with Crippen molar-refractivity contribution in [3.63, 3.8) is 0 Å². The summed E-state index contributed by atoms with van der Waals surface area (Å²) in [7, 11) is 0. The predicted molar refractivity (Wildman–Crippen MR) is 65.3 cm³/mol. The van der Waals surface area contributed by atoms with E-state index < -0.39 is 11.6 Å². The summed E-state index contributed by atoms with van der Waals surface area (Å²) in [6.07, 6.45) is 2.53. The van der Waals surface area contributed by atoms with Gasteiger partial charge >= 0.3 is 0 Å². The number of ketones is 1. The molecule has 1 saturated carbocycles. The maximum Gasteiger partial charge on any atom is 0.169 e. The molecule has 0 saturated heterocycles. The Kier molecular flexibility index (Phi) is 3.76. The van der Waals surface area contributed by atoms with Gasteiger partial charge in [-0.2, -0.15) is 0 Å². The molecule has 0 amide bonds. The molecule has 0 bridgehead atoms. The highest BCUT2D eigenvalue weighted by molar-refractivity contribution is 5.98. The summed E-state index contributed by atoms with van der Waals surface area (Å²) in [5, 5.41) is 0. The van der Waals surface area contributed by atoms with E-state index in [1.807, 2.05) is 0 Å². The Morgan fingerprint density at radius 1 is 1.33 bits per heavy atom. The van der Waals surface area contributed by atoms with Crippen LogP contribution in [-0.2, 0) is 0 Å². The van der Waals surface area contributed by atoms with Crippen molar-refractivity contribution in [1.82, 2.24) is 0 Å². The number of aryl methyl sites for hydroxylation is 1. The minimum Gasteiger partial charge on any atom is -0.330 e. The van der Waals surface area contributed by atoms with Gasteiger partial charge in [0, 0.05) is 5.92 Å². The second-order valence-corrected chi connectivity index (χ2v) is 4.96. The number of nitrogens with two attached hydrogens (primary N) is 1. The van der Waals surface area contributed by atoms with E-state index in [0.29, 0.717) is 6.54 Å². The number of carbonyl (C=O) groups is 1. The quantitative estimate of drug-likeness (QED) is 0.842. The topological polar surface area (TPSA) is 43.1 Å². The minimum atomic E-state index is -1.03. The summed E-state index contributed by atoms with van der Waals surface area (Å²) in [5.74, 6) is -2.42. The summed E-state index contributed by atoms with van der Waals surface area (Å²) in [5.41, 5.74) is 5.69. The average Bonchev–Trinajstić information content (AvgIpc) is 2.83. The van der Waals surface area contributed by atoms with Crippen LogP contribution in [0.5, 0.6) is 0 Å². The molecule has 1 aliphatic carbocycles. The Hall–Kier alpha value is -1.29. The third kappa shape index (κ3) is 2.17. The summed E-state index contributed by atoms with van der Waals surface area (Å²) in [4.78, 5) is 12.2. The smallest absolute Gasteiger partial charge is 0.169 e. The zero-order chi connectivity index (χ0) is 13.3. The van der Waals surface area contributed by atoms with Gasteiger partial charge in [-0.1, -0.05) is 12.5 Å². The monoisotopic (exact) mass is 253 g/mol. The van der Waals surface area contributed by atoms with Crippen molar-refractivity contribution in [2.75, 3.05) is 6.54 Å². The first-order valence-corrected chi connectivity index (χ1v) is 6.25. The van der Waals surface area contributed by atoms with Crippen molar-refractivity contribution in [3.8, 4) is 0 Å². The van der Waals surface area contributed by atoms with Crippen molar-refractivity contribution >= 4 is 5.78 Å². The van der Waals surface area contributed by atoms with E-state index in [4.69, 9.17) is 5.73 Å². The van der Waals surface area contributed by atoms with Crippen molar-refractivity contribution in [2.24, 2.45) is 17.6 Å². The summed E-state index contributed by atoms with van der Waals surface area (Å²) in [6.45, 7) is 1.90. The van der Waals surface area contributed by atoms with Gasteiger partial charge in [0.05, 0.1) is 5.56 Å². The molecule has 1 aromatic carbocycles. The lowest BCUT2D eigenvalue weighted by Gasteiger charge is -2.17. The summed E-state index contributed by atoms with van der Waals surface area (Å²) in [6, 6.07) is 2.82. The Morgan fingerprint density at radius 2 is 2.06 bits per heavy atom. The highest BCUT2D eigenvalue weighted by Crippen LogP contribution is 2.34. The molecule has 0 heterocycles. The SMILES string of the molecule is Cc1ccc(C(=O)C2CCCC2CN)c(F)c1F. The molecule has 18 heavy (non-hydrogen) atoms. The van der Waals surface area contributed by atoms with Crippen molar-refractivity contribution < 1.29 is 13.6 Å². The largest absolute Gasteiger partial charge is 0.330 e. The first-order chi connectivity index (χ1) is 8.56. The number of benzene rings is 1. The van der Waals surface area contributed by atoms with Gasteiger partial charge in [0.15, 0.2) is 17.4 Å². The van der Waals surface area contributed by atoms with Crippen LogP contribution >= 0.6 is 0 Å². The molecule has 0 spiro atoms. The molecule has 4 heteroatoms. The second-order valence-electron chi connectivity index (χ2n) is 4.96. The van der Waals surface area contributed by atoms with Gasteiger partial charge in [-0.3, -0.25) is 4.79 Å². The maximum absolute atomic E-state index is 13.8. The van der Waals surface area contributed by atoms with Gasteiger partial charge in [-0.05, 0) is 43.9 Å². The Balaban J connectivity index is 2.32. The van der Waals surface area contributed by atoms with Crippen LogP contribution in [0.3, 0.4) is 0 Å². The molecule has 2 atom stereocenters. The standard InChI is InChI=1S/C14H17F2NO/c1-8-5-6-11(13(16)12(8)15)14(18)10-4-2-3-9(10)7-17/h5-6,9-10H,2-4,7,17H2,1H3. The summed E-state index contributed by atoms with van der Waals surface area (Å²) >= 11 is 0. The van der Waals surface area contributed by atoms with Gasteiger partial charge < -0.3 is 5.73 Å². The molecular formula is C14H17F2NO. The first kappa shape index (κ1) is 13.1. The van der Waals surface area contributed by atoms with E-state index >= 15 is 0 Å². The third-order valence-electron chi connectivity index (χ3n) is 3.84. The molecule has 0 aliphatic heterocycles. The lowest BCUT2D eigenvalue weighted by molar-refractivity contribution is 0.0888. The molecule has 2 N–H and O–H groups in total. The van der Waals surface area contributed by atoms with Crippen molar-refractivity contribution in [1.29, 1.82) is 0 Å². The maximum atomic E-state index is 13.8. The fourth-order valence-corrected chi connectivity index (χ4v) is 2.70. The first-order valence-electron chi connectivity index (χ1n) is 6.25. The van der Waals surface area contributed by atoms with E-state index in [1.165, 1.54) is 19.1 Å². The van der Waals surface area contributed by atoms with E-state index in [0.717, 1.165) is 19.3 Å². The van der Waals surface area contributed by atoms with Crippen LogP contribution in [0.15, 0.2) is 12.1 Å². The zero-order valence-corrected chi connectivity index (χ0v) is 10.4. The van der Waals surface area contributed by atoms with Crippen LogP contribution in [0.25, 0.3) is 0 Å². The van der Waals surface area contributed by atoms with Crippen LogP contribution in [0, 0.1) is 30.4 Å². The molecule has 0 radical (unpaired) electrons. The van der Waals surface area contributed by atoms with Crippen LogP contribution in [0.4, 0.5) is 8.78 Å². The van der Waals surface area contributed by atoms with Crippen LogP contribution in [0.1, 0.15) is 35.2 Å². The normalized spacial score (nSPS) is 23.3. The highest BCUT2D eigenvalue weighted by atomic mass is 19.2. The zero-order valence-electron chi connectivity index (χ0n) is 10.4. The fourth-order valence-electron chi connectivity index (χ4n) is 2.70. The van der Waals surface area contributed by atoms with Gasteiger partial charge in [0.25, 0.3) is 0 Å². The van der Waals surface area contributed by atoms with Crippen LogP contribution < -0.4 is 5.73 Å². The Labute approximate surface area is 105 Å². The Bertz CT molecular complexity index is 473.